The van der Waals surface area contributed by atoms with Gasteiger partial charge in [0, 0.05) is 29.6 Å². The molecule has 0 fully saturated rings. The summed E-state index contributed by atoms with van der Waals surface area (Å²) in [5, 5.41) is 0. The van der Waals surface area contributed by atoms with Gasteiger partial charge in [-0.1, -0.05) is 22.6 Å². The maximum Gasteiger partial charge on any atom is 0 e. The van der Waals surface area contributed by atoms with Gasteiger partial charge >= 0.3 is 0 Å². The van der Waals surface area contributed by atoms with Crippen LogP contribution < -0.4 is 0 Å². The minimum atomic E-state index is 0. The van der Waals surface area contributed by atoms with Crippen molar-refractivity contribution < 1.29 is 0 Å². The Kier molecular flexibility index (Phi) is 80.8. The third kappa shape index (κ3) is 8.95. The number of alkyl halides is 1. The van der Waals surface area contributed by atoms with Crippen molar-refractivity contribution >= 4 is 65.6 Å². The van der Waals surface area contributed by atoms with Crippen molar-refractivity contribution in [1.29, 1.82) is 0 Å². The van der Waals surface area contributed by atoms with Gasteiger partial charge in [0.15, 0.2) is 0 Å². The fraction of sp³-hybridized carbons (Fsp3) is 1.00. The summed E-state index contributed by atoms with van der Waals surface area (Å²) >= 11 is 2.15. The van der Waals surface area contributed by atoms with Gasteiger partial charge in [0.05, 0.1) is 0 Å². The van der Waals surface area contributed by atoms with Crippen LogP contribution in [0.3, 0.4) is 0 Å². The van der Waals surface area contributed by atoms with E-state index in [1.54, 1.807) is 0 Å². The first-order valence-corrected chi connectivity index (χ1v) is 2.54. The van der Waals surface area contributed by atoms with Crippen LogP contribution >= 0.6 is 36.1 Å². The van der Waals surface area contributed by atoms with E-state index < -0.39 is 0 Å². The molecule has 3 heteroatoms. The van der Waals surface area contributed by atoms with Crippen LogP contribution in [0.25, 0.3) is 0 Å². The molecule has 0 aromatic heterocycles. The zero-order valence-corrected chi connectivity index (χ0v) is 8.04. The Hall–Kier alpha value is 2.08. The summed E-state index contributed by atoms with van der Waals surface area (Å²) in [6, 6.07) is 0. The third-order valence-electron chi connectivity index (χ3n) is 0. The second kappa shape index (κ2) is 19.5. The third-order valence-corrected chi connectivity index (χ3v) is 0. The Morgan fingerprint density at radius 2 is 1.25 bits per heavy atom. The predicted molar refractivity (Wildman–Crippen MR) is 36.1 cm³/mol. The molecule has 4 heavy (non-hydrogen) atoms. The first kappa shape index (κ1) is 16.5. The van der Waals surface area contributed by atoms with Crippen molar-refractivity contribution in [2.24, 2.45) is 0 Å². The molecule has 0 saturated carbocycles. The minimum absolute atomic E-state index is 0. The molecule has 0 unspecified atom stereocenters. The van der Waals surface area contributed by atoms with Crippen LogP contribution in [0.15, 0.2) is 0 Å². The van der Waals surface area contributed by atoms with Gasteiger partial charge in [0.2, 0.25) is 0 Å². The van der Waals surface area contributed by atoms with Crippen LogP contribution in [0.4, 0.5) is 0 Å². The molecule has 0 aromatic rings. The molecular formula is CH5INaS. The van der Waals surface area contributed by atoms with Gasteiger partial charge in [-0.2, -0.15) is 13.5 Å². The summed E-state index contributed by atoms with van der Waals surface area (Å²) in [6.45, 7) is 0. The van der Waals surface area contributed by atoms with E-state index in [2.05, 4.69) is 22.6 Å². The second-order valence-electron chi connectivity index (χ2n) is 0. The van der Waals surface area contributed by atoms with Gasteiger partial charge in [0.1, 0.15) is 0 Å². The van der Waals surface area contributed by atoms with E-state index in [1.807, 2.05) is 4.93 Å². The van der Waals surface area contributed by atoms with Gasteiger partial charge in [-0.05, 0) is 4.93 Å². The molecule has 23 valence electrons. The average Bonchev–Trinajstić information content (AvgIpc) is 1.00. The molecule has 0 bridgehead atoms. The summed E-state index contributed by atoms with van der Waals surface area (Å²) in [4.78, 5) is 1.97. The Morgan fingerprint density at radius 1 is 1.25 bits per heavy atom. The first-order valence-electron chi connectivity index (χ1n) is 0.378. The molecule has 0 nitrogen and oxygen atoms in total. The van der Waals surface area contributed by atoms with Crippen LogP contribution in [0.5, 0.6) is 0 Å². The van der Waals surface area contributed by atoms with Crippen LogP contribution in [0.2, 0.25) is 0 Å². The van der Waals surface area contributed by atoms with Crippen LogP contribution in [-0.4, -0.2) is 34.5 Å². The molecule has 0 atom stereocenters. The summed E-state index contributed by atoms with van der Waals surface area (Å²) in [7, 11) is 0. The van der Waals surface area contributed by atoms with Crippen molar-refractivity contribution in [3.05, 3.63) is 0 Å². The molecule has 0 aliphatic heterocycles. The summed E-state index contributed by atoms with van der Waals surface area (Å²) in [5.41, 5.74) is 0. The summed E-state index contributed by atoms with van der Waals surface area (Å²) < 4.78 is 0. The van der Waals surface area contributed by atoms with E-state index in [0.717, 1.165) is 0 Å². The zero-order valence-electron chi connectivity index (χ0n) is 2.88. The summed E-state index contributed by atoms with van der Waals surface area (Å²) in [6.07, 6.45) is 0. The molecule has 0 aliphatic carbocycles. The Bertz CT molecular complexity index is 8.00. The molecule has 0 amide bonds. The van der Waals surface area contributed by atoms with E-state index in [0.29, 0.717) is 0 Å². The molecule has 0 rings (SSSR count). The molecule has 1 radical (unpaired) electrons. The molecule has 0 aliphatic rings. The van der Waals surface area contributed by atoms with Crippen LogP contribution in [0.1, 0.15) is 0 Å². The van der Waals surface area contributed by atoms with E-state index >= 15 is 0 Å². The Balaban J connectivity index is -0.00000000500. The molecular weight excluding hydrogens is 194 g/mol. The van der Waals surface area contributed by atoms with Crippen LogP contribution in [0, 0.1) is 0 Å². The SMILES string of the molecule is CI.S.[Na]. The van der Waals surface area contributed by atoms with Crippen molar-refractivity contribution in [2.45, 2.75) is 0 Å². The Morgan fingerprint density at radius 3 is 1.25 bits per heavy atom. The van der Waals surface area contributed by atoms with Crippen molar-refractivity contribution in [1.82, 2.24) is 0 Å². The largest absolute Gasteiger partial charge is 0.197 e. The van der Waals surface area contributed by atoms with Crippen molar-refractivity contribution in [3.63, 3.8) is 0 Å². The van der Waals surface area contributed by atoms with E-state index in [4.69, 9.17) is 0 Å². The fourth-order valence-corrected chi connectivity index (χ4v) is 0. The number of hydrogen-bond acceptors (Lipinski definition) is 0. The number of hydrogen-bond donors (Lipinski definition) is 0. The van der Waals surface area contributed by atoms with Gasteiger partial charge in [-0.25, -0.2) is 0 Å². The number of halogens is 1. The predicted octanol–water partition coefficient (Wildman–Crippen LogP) is 0.783. The molecule has 0 N–H and O–H groups in total. The van der Waals surface area contributed by atoms with Gasteiger partial charge < -0.3 is 0 Å². The van der Waals surface area contributed by atoms with Gasteiger partial charge in [-0.3, -0.25) is 0 Å². The Labute approximate surface area is 69.6 Å². The fourth-order valence-electron chi connectivity index (χ4n) is 0. The average molecular weight is 199 g/mol. The van der Waals surface area contributed by atoms with Gasteiger partial charge in [-0.15, -0.1) is 0 Å². The molecule has 0 heterocycles. The van der Waals surface area contributed by atoms with E-state index in [-0.39, 0.29) is 43.1 Å². The maximum absolute atomic E-state index is 2.15. The molecule has 0 spiro atoms. The topological polar surface area (TPSA) is 0 Å². The maximum atomic E-state index is 2.15. The van der Waals surface area contributed by atoms with E-state index in [1.165, 1.54) is 0 Å². The van der Waals surface area contributed by atoms with Gasteiger partial charge in [0.25, 0.3) is 0 Å². The zero-order chi connectivity index (χ0) is 2.00. The number of rotatable bonds is 0. The normalized spacial score (nSPS) is 1.50. The van der Waals surface area contributed by atoms with Crippen LogP contribution in [-0.2, 0) is 0 Å². The second-order valence-corrected chi connectivity index (χ2v) is 0. The standard InChI is InChI=1S/CH3I.Na.H2S/c1-2;;/h1H3;;1H2. The quantitative estimate of drug-likeness (QED) is 0.307. The van der Waals surface area contributed by atoms with Crippen molar-refractivity contribution in [3.8, 4) is 0 Å². The first-order chi connectivity index (χ1) is 1.00. The molecule has 0 saturated heterocycles. The smallest absolute Gasteiger partial charge is 0 e. The monoisotopic (exact) mass is 199 g/mol. The summed E-state index contributed by atoms with van der Waals surface area (Å²) in [5.74, 6) is 0. The molecule has 0 aromatic carbocycles. The van der Waals surface area contributed by atoms with Crippen molar-refractivity contribution in [2.75, 3.05) is 4.93 Å². The van der Waals surface area contributed by atoms with E-state index in [9.17, 15) is 0 Å². The minimum Gasteiger partial charge on any atom is -0.197 e.